The molecule has 0 N–H and O–H groups in total. The molecule has 0 atom stereocenters. The van der Waals surface area contributed by atoms with Crippen LogP contribution in [0.4, 0.5) is 0 Å². The van der Waals surface area contributed by atoms with Crippen molar-refractivity contribution in [3.63, 3.8) is 0 Å². The lowest BCUT2D eigenvalue weighted by Gasteiger charge is -2.53. The third kappa shape index (κ3) is 2.63. The van der Waals surface area contributed by atoms with Gasteiger partial charge in [0.05, 0.1) is 18.5 Å². The molecule has 20 heavy (non-hydrogen) atoms. The summed E-state index contributed by atoms with van der Waals surface area (Å²) < 4.78 is 38.1. The lowest BCUT2D eigenvalue weighted by Crippen LogP contribution is -2.66. The molecule has 1 saturated carbocycles. The van der Waals surface area contributed by atoms with Crippen molar-refractivity contribution in [1.82, 2.24) is 4.31 Å². The monoisotopic (exact) mass is 303 g/mol. The first-order valence-corrected chi connectivity index (χ1v) is 9.10. The maximum atomic E-state index is 12.6. The molecule has 0 aromatic rings. The highest BCUT2D eigenvalue weighted by atomic mass is 32.2. The van der Waals surface area contributed by atoms with E-state index in [0.29, 0.717) is 26.3 Å². The Morgan fingerprint density at radius 2 is 1.55 bits per heavy atom. The fourth-order valence-electron chi connectivity index (χ4n) is 3.38. The summed E-state index contributed by atoms with van der Waals surface area (Å²) in [7, 11) is -3.11. The van der Waals surface area contributed by atoms with Crippen LogP contribution in [0.5, 0.6) is 0 Å². The molecule has 3 aliphatic rings. The minimum absolute atomic E-state index is 0.114. The Labute approximate surface area is 121 Å². The minimum Gasteiger partial charge on any atom is -0.350 e. The molecule has 0 aromatic heterocycles. The van der Waals surface area contributed by atoms with E-state index in [2.05, 4.69) is 0 Å². The van der Waals surface area contributed by atoms with Crippen LogP contribution >= 0.6 is 0 Å². The first kappa shape index (κ1) is 14.8. The van der Waals surface area contributed by atoms with E-state index in [1.165, 1.54) is 6.42 Å². The highest BCUT2D eigenvalue weighted by molar-refractivity contribution is 7.89. The predicted octanol–water partition coefficient (Wildman–Crippen LogP) is 1.73. The van der Waals surface area contributed by atoms with Gasteiger partial charge in [-0.25, -0.2) is 12.7 Å². The van der Waals surface area contributed by atoms with E-state index in [4.69, 9.17) is 9.47 Å². The highest BCUT2D eigenvalue weighted by Gasteiger charge is 2.53. The topological polar surface area (TPSA) is 55.8 Å². The maximum absolute atomic E-state index is 12.6. The van der Waals surface area contributed by atoms with Gasteiger partial charge in [-0.1, -0.05) is 19.3 Å². The molecular formula is C14H25NO4S. The number of ether oxygens (including phenoxy) is 2. The third-order valence-electron chi connectivity index (χ3n) is 4.81. The van der Waals surface area contributed by atoms with Gasteiger partial charge in [-0.15, -0.1) is 0 Å². The zero-order chi connectivity index (χ0) is 14.4. The molecule has 0 unspecified atom stereocenters. The second-order valence-corrected chi connectivity index (χ2v) is 9.26. The number of hydrogen-bond acceptors (Lipinski definition) is 4. The summed E-state index contributed by atoms with van der Waals surface area (Å²) in [6.07, 6.45) is 4.91. The van der Waals surface area contributed by atoms with Gasteiger partial charge in [0.25, 0.3) is 0 Å². The second-order valence-electron chi connectivity index (χ2n) is 7.05. The molecule has 2 heterocycles. The zero-order valence-electron chi connectivity index (χ0n) is 12.4. The van der Waals surface area contributed by atoms with Crippen LogP contribution in [-0.4, -0.2) is 50.1 Å². The normalized spacial score (nSPS) is 31.1. The Morgan fingerprint density at radius 3 is 2.10 bits per heavy atom. The molecule has 116 valence electrons. The Bertz CT molecular complexity index is 450. The second kappa shape index (κ2) is 4.93. The molecule has 3 rings (SSSR count). The Balaban J connectivity index is 1.59. The van der Waals surface area contributed by atoms with Gasteiger partial charge in [-0.3, -0.25) is 0 Å². The van der Waals surface area contributed by atoms with Gasteiger partial charge < -0.3 is 9.47 Å². The molecule has 6 heteroatoms. The van der Waals surface area contributed by atoms with Gasteiger partial charge in [0.2, 0.25) is 10.0 Å². The van der Waals surface area contributed by atoms with E-state index < -0.39 is 15.8 Å². The van der Waals surface area contributed by atoms with Gasteiger partial charge in [-0.05, 0) is 26.7 Å². The molecule has 5 nitrogen and oxygen atoms in total. The van der Waals surface area contributed by atoms with Crippen LogP contribution in [0.3, 0.4) is 0 Å². The van der Waals surface area contributed by atoms with E-state index in [9.17, 15) is 8.42 Å². The summed E-state index contributed by atoms with van der Waals surface area (Å²) in [6.45, 7) is 6.10. The fraction of sp³-hybridized carbons (Fsp3) is 1.00. The SMILES string of the molecule is CC1(C)OCC2(CO1)CN(S(=O)(=O)C1CCCCC1)C2. The van der Waals surface area contributed by atoms with Crippen molar-refractivity contribution in [2.24, 2.45) is 5.41 Å². The van der Waals surface area contributed by atoms with Gasteiger partial charge in [0.1, 0.15) is 0 Å². The van der Waals surface area contributed by atoms with E-state index >= 15 is 0 Å². The first-order valence-electron chi connectivity index (χ1n) is 7.60. The van der Waals surface area contributed by atoms with Crippen LogP contribution in [0.1, 0.15) is 46.0 Å². The van der Waals surface area contributed by atoms with Crippen molar-refractivity contribution in [1.29, 1.82) is 0 Å². The average Bonchev–Trinajstić information content (AvgIpc) is 2.37. The molecule has 0 aromatic carbocycles. The Kier molecular flexibility index (Phi) is 3.64. The largest absolute Gasteiger partial charge is 0.350 e. The lowest BCUT2D eigenvalue weighted by molar-refractivity contribution is -0.299. The quantitative estimate of drug-likeness (QED) is 0.779. The molecule has 0 bridgehead atoms. The van der Waals surface area contributed by atoms with Crippen LogP contribution in [-0.2, 0) is 19.5 Å². The molecule has 1 spiro atoms. The van der Waals surface area contributed by atoms with Gasteiger partial charge >= 0.3 is 0 Å². The smallest absolute Gasteiger partial charge is 0.217 e. The van der Waals surface area contributed by atoms with Crippen LogP contribution in [0.2, 0.25) is 0 Å². The van der Waals surface area contributed by atoms with E-state index in [-0.39, 0.29) is 10.7 Å². The number of nitrogens with zero attached hydrogens (tertiary/aromatic N) is 1. The number of rotatable bonds is 2. The standard InChI is InChI=1S/C14H25NO4S/c1-13(2)18-10-14(11-19-13)8-15(9-14)20(16,17)12-6-4-3-5-7-12/h12H,3-11H2,1-2H3. The predicted molar refractivity (Wildman–Crippen MR) is 75.8 cm³/mol. The van der Waals surface area contributed by atoms with Gasteiger partial charge in [-0.2, -0.15) is 0 Å². The average molecular weight is 303 g/mol. The van der Waals surface area contributed by atoms with Crippen molar-refractivity contribution in [3.8, 4) is 0 Å². The minimum atomic E-state index is -3.11. The lowest BCUT2D eigenvalue weighted by atomic mass is 9.82. The van der Waals surface area contributed by atoms with Crippen molar-refractivity contribution in [2.75, 3.05) is 26.3 Å². The molecule has 2 saturated heterocycles. The molecule has 1 aliphatic carbocycles. The summed E-state index contributed by atoms with van der Waals surface area (Å²) in [6, 6.07) is 0. The third-order valence-corrected chi connectivity index (χ3v) is 7.10. The zero-order valence-corrected chi connectivity index (χ0v) is 13.2. The Morgan fingerprint density at radius 1 is 1.00 bits per heavy atom. The maximum Gasteiger partial charge on any atom is 0.217 e. The fourth-order valence-corrected chi connectivity index (χ4v) is 5.63. The highest BCUT2D eigenvalue weighted by Crippen LogP contribution is 2.40. The molecule has 2 aliphatic heterocycles. The summed E-state index contributed by atoms with van der Waals surface area (Å²) in [5.74, 6) is -0.534. The van der Waals surface area contributed by atoms with E-state index in [0.717, 1.165) is 25.7 Å². The van der Waals surface area contributed by atoms with E-state index in [1.807, 2.05) is 13.8 Å². The Hall–Kier alpha value is -0.170. The summed E-state index contributed by atoms with van der Waals surface area (Å²) >= 11 is 0. The van der Waals surface area contributed by atoms with Crippen LogP contribution in [0, 0.1) is 5.41 Å². The van der Waals surface area contributed by atoms with Crippen molar-refractivity contribution in [3.05, 3.63) is 0 Å². The first-order chi connectivity index (χ1) is 9.33. The molecular weight excluding hydrogens is 278 g/mol. The van der Waals surface area contributed by atoms with Crippen molar-refractivity contribution >= 4 is 10.0 Å². The van der Waals surface area contributed by atoms with Crippen LogP contribution < -0.4 is 0 Å². The molecule has 0 radical (unpaired) electrons. The van der Waals surface area contributed by atoms with Crippen molar-refractivity contribution in [2.45, 2.75) is 57.0 Å². The van der Waals surface area contributed by atoms with Crippen molar-refractivity contribution < 1.29 is 17.9 Å². The molecule has 3 fully saturated rings. The van der Waals surface area contributed by atoms with Crippen LogP contribution in [0.25, 0.3) is 0 Å². The van der Waals surface area contributed by atoms with Gasteiger partial charge in [0.15, 0.2) is 5.79 Å². The summed E-state index contributed by atoms with van der Waals surface area (Å²) in [4.78, 5) is 0. The number of sulfonamides is 1. The number of hydrogen-bond donors (Lipinski definition) is 0. The van der Waals surface area contributed by atoms with Crippen LogP contribution in [0.15, 0.2) is 0 Å². The van der Waals surface area contributed by atoms with E-state index in [1.54, 1.807) is 4.31 Å². The van der Waals surface area contributed by atoms with Gasteiger partial charge in [0, 0.05) is 18.5 Å². The summed E-state index contributed by atoms with van der Waals surface area (Å²) in [5, 5.41) is -0.157. The molecule has 0 amide bonds. The summed E-state index contributed by atoms with van der Waals surface area (Å²) in [5.41, 5.74) is -0.114.